The van der Waals surface area contributed by atoms with Crippen LogP contribution in [0.3, 0.4) is 0 Å². The molecule has 1 saturated carbocycles. The number of nitrogens with one attached hydrogen (secondary N) is 1. The van der Waals surface area contributed by atoms with Crippen LogP contribution < -0.4 is 0 Å². The van der Waals surface area contributed by atoms with E-state index in [1.165, 1.54) is 19.4 Å². The van der Waals surface area contributed by atoms with Crippen molar-refractivity contribution >= 4 is 0 Å². The standard InChI is InChI=1S/C10H14FN3/c11-10-8-3-4-14(5-7-1-2-7)6-9(8)12-13-10/h7H,1-6H2,(H,12,13). The summed E-state index contributed by atoms with van der Waals surface area (Å²) in [5, 5.41) is 6.39. The largest absolute Gasteiger partial charge is 0.297 e. The number of hydrogen-bond acceptors (Lipinski definition) is 2. The Hall–Kier alpha value is -0.900. The molecule has 1 aliphatic carbocycles. The van der Waals surface area contributed by atoms with Gasteiger partial charge < -0.3 is 0 Å². The molecule has 14 heavy (non-hydrogen) atoms. The highest BCUT2D eigenvalue weighted by molar-refractivity contribution is 5.20. The van der Waals surface area contributed by atoms with E-state index in [4.69, 9.17) is 0 Å². The molecule has 76 valence electrons. The third-order valence-electron chi connectivity index (χ3n) is 3.18. The van der Waals surface area contributed by atoms with Gasteiger partial charge in [-0.15, -0.1) is 5.10 Å². The van der Waals surface area contributed by atoms with Crippen molar-refractivity contribution < 1.29 is 4.39 Å². The zero-order valence-electron chi connectivity index (χ0n) is 8.09. The summed E-state index contributed by atoms with van der Waals surface area (Å²) >= 11 is 0. The van der Waals surface area contributed by atoms with Gasteiger partial charge in [0.15, 0.2) is 0 Å². The minimum Gasteiger partial charge on any atom is -0.297 e. The normalized spacial score (nSPS) is 22.4. The predicted molar refractivity (Wildman–Crippen MR) is 50.3 cm³/mol. The van der Waals surface area contributed by atoms with Crippen molar-refractivity contribution in [1.82, 2.24) is 15.1 Å². The molecule has 0 saturated heterocycles. The monoisotopic (exact) mass is 195 g/mol. The van der Waals surface area contributed by atoms with E-state index in [2.05, 4.69) is 15.1 Å². The van der Waals surface area contributed by atoms with Gasteiger partial charge in [0.2, 0.25) is 5.95 Å². The molecule has 4 heteroatoms. The van der Waals surface area contributed by atoms with Crippen LogP contribution in [-0.4, -0.2) is 28.2 Å². The van der Waals surface area contributed by atoms with E-state index < -0.39 is 0 Å². The van der Waals surface area contributed by atoms with Gasteiger partial charge in [0.05, 0.1) is 5.69 Å². The van der Waals surface area contributed by atoms with E-state index in [1.54, 1.807) is 0 Å². The Balaban J connectivity index is 1.72. The Morgan fingerprint density at radius 2 is 2.36 bits per heavy atom. The molecular weight excluding hydrogens is 181 g/mol. The SMILES string of the molecule is Fc1n[nH]c2c1CCN(CC1CC1)C2. The summed E-state index contributed by atoms with van der Waals surface area (Å²) in [6, 6.07) is 0. The summed E-state index contributed by atoms with van der Waals surface area (Å²) in [5.41, 5.74) is 1.78. The van der Waals surface area contributed by atoms with Crippen LogP contribution in [0.25, 0.3) is 0 Å². The molecule has 2 aliphatic rings. The molecule has 1 aliphatic heterocycles. The second kappa shape index (κ2) is 3.05. The number of rotatable bonds is 2. The first-order chi connectivity index (χ1) is 6.83. The summed E-state index contributed by atoms with van der Waals surface area (Å²) in [4.78, 5) is 2.40. The number of aromatic amines is 1. The van der Waals surface area contributed by atoms with E-state index in [-0.39, 0.29) is 5.95 Å². The molecule has 3 rings (SSSR count). The Labute approximate surface area is 82.3 Å². The quantitative estimate of drug-likeness (QED) is 0.771. The van der Waals surface area contributed by atoms with Crippen LogP contribution in [-0.2, 0) is 13.0 Å². The number of hydrogen-bond donors (Lipinski definition) is 1. The topological polar surface area (TPSA) is 31.9 Å². The highest BCUT2D eigenvalue weighted by atomic mass is 19.1. The zero-order chi connectivity index (χ0) is 9.54. The van der Waals surface area contributed by atoms with Crippen molar-refractivity contribution in [3.05, 3.63) is 17.2 Å². The van der Waals surface area contributed by atoms with Gasteiger partial charge in [-0.1, -0.05) is 0 Å². The van der Waals surface area contributed by atoms with Gasteiger partial charge in [-0.2, -0.15) is 4.39 Å². The Morgan fingerprint density at radius 3 is 3.14 bits per heavy atom. The van der Waals surface area contributed by atoms with Crippen molar-refractivity contribution in [3.8, 4) is 0 Å². The summed E-state index contributed by atoms with van der Waals surface area (Å²) in [5.74, 6) is 0.607. The van der Waals surface area contributed by atoms with Gasteiger partial charge in [-0.25, -0.2) is 0 Å². The highest BCUT2D eigenvalue weighted by Gasteiger charge is 2.28. The number of H-pyrrole nitrogens is 1. The lowest BCUT2D eigenvalue weighted by atomic mass is 10.1. The first kappa shape index (κ1) is 8.41. The summed E-state index contributed by atoms with van der Waals surface area (Å²) in [6.45, 7) is 3.02. The Kier molecular flexibility index (Phi) is 1.83. The van der Waals surface area contributed by atoms with Crippen molar-refractivity contribution in [2.24, 2.45) is 5.92 Å². The summed E-state index contributed by atoms with van der Waals surface area (Å²) in [7, 11) is 0. The van der Waals surface area contributed by atoms with Crippen LogP contribution in [0.5, 0.6) is 0 Å². The minimum atomic E-state index is -0.300. The smallest absolute Gasteiger partial charge is 0.235 e. The third-order valence-corrected chi connectivity index (χ3v) is 3.18. The fourth-order valence-corrected chi connectivity index (χ4v) is 2.15. The maximum absolute atomic E-state index is 13.1. The first-order valence-corrected chi connectivity index (χ1v) is 5.27. The minimum absolute atomic E-state index is 0.300. The average molecular weight is 195 g/mol. The molecule has 1 N–H and O–H groups in total. The molecule has 1 fully saturated rings. The van der Waals surface area contributed by atoms with E-state index >= 15 is 0 Å². The molecule has 0 spiro atoms. The molecule has 1 aromatic rings. The van der Waals surface area contributed by atoms with E-state index in [1.807, 2.05) is 0 Å². The van der Waals surface area contributed by atoms with Crippen molar-refractivity contribution in [3.63, 3.8) is 0 Å². The van der Waals surface area contributed by atoms with Crippen LogP contribution in [0.15, 0.2) is 0 Å². The molecule has 0 aromatic carbocycles. The maximum Gasteiger partial charge on any atom is 0.235 e. The molecule has 0 unspecified atom stereocenters. The molecule has 0 bridgehead atoms. The van der Waals surface area contributed by atoms with Gasteiger partial charge >= 0.3 is 0 Å². The second-order valence-electron chi connectivity index (χ2n) is 4.40. The van der Waals surface area contributed by atoms with Crippen LogP contribution in [0.4, 0.5) is 4.39 Å². The van der Waals surface area contributed by atoms with Gasteiger partial charge in [-0.05, 0) is 25.2 Å². The van der Waals surface area contributed by atoms with Gasteiger partial charge in [0.25, 0.3) is 0 Å². The Bertz CT molecular complexity index is 343. The van der Waals surface area contributed by atoms with E-state index in [9.17, 15) is 4.39 Å². The lowest BCUT2D eigenvalue weighted by Gasteiger charge is -2.25. The maximum atomic E-state index is 13.1. The lowest BCUT2D eigenvalue weighted by molar-refractivity contribution is 0.240. The third kappa shape index (κ3) is 1.43. The fourth-order valence-electron chi connectivity index (χ4n) is 2.15. The average Bonchev–Trinajstić information content (AvgIpc) is 2.92. The Morgan fingerprint density at radius 1 is 1.50 bits per heavy atom. The highest BCUT2D eigenvalue weighted by Crippen LogP contribution is 2.31. The van der Waals surface area contributed by atoms with Gasteiger partial charge in [0, 0.05) is 25.2 Å². The van der Waals surface area contributed by atoms with Crippen LogP contribution in [0.2, 0.25) is 0 Å². The number of fused-ring (bicyclic) bond motifs is 1. The molecule has 1 aromatic heterocycles. The van der Waals surface area contributed by atoms with Crippen LogP contribution in [0, 0.1) is 11.9 Å². The van der Waals surface area contributed by atoms with Crippen LogP contribution in [0.1, 0.15) is 24.1 Å². The van der Waals surface area contributed by atoms with Crippen molar-refractivity contribution in [1.29, 1.82) is 0 Å². The fraction of sp³-hybridized carbons (Fsp3) is 0.700. The number of aromatic nitrogens is 2. The molecule has 0 atom stereocenters. The molecular formula is C10H14FN3. The summed E-state index contributed by atoms with van der Waals surface area (Å²) < 4.78 is 13.1. The second-order valence-corrected chi connectivity index (χ2v) is 4.40. The van der Waals surface area contributed by atoms with Gasteiger partial charge in [-0.3, -0.25) is 10.00 Å². The van der Waals surface area contributed by atoms with Crippen molar-refractivity contribution in [2.45, 2.75) is 25.8 Å². The number of halogens is 1. The lowest BCUT2D eigenvalue weighted by Crippen LogP contribution is -2.32. The predicted octanol–water partition coefficient (Wildman–Crippen LogP) is 1.32. The zero-order valence-corrected chi connectivity index (χ0v) is 8.09. The first-order valence-electron chi connectivity index (χ1n) is 5.27. The number of nitrogens with zero attached hydrogens (tertiary/aromatic N) is 2. The molecule has 3 nitrogen and oxygen atoms in total. The van der Waals surface area contributed by atoms with Gasteiger partial charge in [0.1, 0.15) is 0 Å². The van der Waals surface area contributed by atoms with E-state index in [0.29, 0.717) is 0 Å². The summed E-state index contributed by atoms with van der Waals surface area (Å²) in [6.07, 6.45) is 3.56. The van der Waals surface area contributed by atoms with E-state index in [0.717, 1.165) is 36.7 Å². The van der Waals surface area contributed by atoms with Crippen LogP contribution >= 0.6 is 0 Å². The molecule has 0 radical (unpaired) electrons. The molecule has 2 heterocycles. The van der Waals surface area contributed by atoms with Crippen molar-refractivity contribution in [2.75, 3.05) is 13.1 Å². The molecule has 0 amide bonds.